The van der Waals surface area contributed by atoms with Gasteiger partial charge < -0.3 is 81.8 Å². The topological polar surface area (TPSA) is 326 Å². The molecule has 8 atom stereocenters. The number of rotatable bonds is 63. The Morgan fingerprint density at radius 1 is 0.615 bits per heavy atom. The van der Waals surface area contributed by atoms with Crippen molar-refractivity contribution in [2.45, 2.75) is 138 Å². The molecule has 2 aromatic rings. The van der Waals surface area contributed by atoms with Crippen molar-refractivity contribution in [3.63, 3.8) is 0 Å². The average Bonchev–Trinajstić information content (AvgIpc) is 1.20. The number of nitrogens with zero attached hydrogens (tertiary/aromatic N) is 3. The Morgan fingerprint density at radius 3 is 1.58 bits per heavy atom. The van der Waals surface area contributed by atoms with Gasteiger partial charge in [-0.25, -0.2) is 4.98 Å². The van der Waals surface area contributed by atoms with E-state index in [-0.39, 0.29) is 105 Å². The van der Waals surface area contributed by atoms with Gasteiger partial charge >= 0.3 is 11.9 Å². The number of aromatic nitrogens is 1. The molecule has 1 fully saturated rings. The maximum Gasteiger partial charge on any atom is 0.308 e. The lowest BCUT2D eigenvalue weighted by Gasteiger charge is -2.37. The molecule has 5 amide bonds. The number of carbonyl (C=O) groups is 9. The molecule has 0 radical (unpaired) electrons. The Morgan fingerprint density at radius 2 is 1.11 bits per heavy atom. The molecule has 0 saturated carbocycles. The summed E-state index contributed by atoms with van der Waals surface area (Å²) in [6, 6.07) is 8.62. The van der Waals surface area contributed by atoms with Crippen molar-refractivity contribution < 1.29 is 109 Å². The molecular weight excluding hydrogens is 1370 g/mol. The second-order valence-corrected chi connectivity index (χ2v) is 26.8. The van der Waals surface area contributed by atoms with Gasteiger partial charge in [-0.05, 0) is 68.8 Å². The van der Waals surface area contributed by atoms with Crippen molar-refractivity contribution in [3.05, 3.63) is 64.1 Å². The third-order valence-electron chi connectivity index (χ3n) is 17.7. The van der Waals surface area contributed by atoms with Crippen LogP contribution in [0.5, 0.6) is 0 Å². The number of nitrogens with one attached hydrogen (secondary N) is 2. The fourth-order valence-corrected chi connectivity index (χ4v) is 12.6. The molecule has 2 aliphatic heterocycles. The van der Waals surface area contributed by atoms with E-state index in [0.717, 1.165) is 23.3 Å². The molecule has 1 aromatic carbocycles. The summed E-state index contributed by atoms with van der Waals surface area (Å²) in [5.74, 6) is -4.81. The maximum absolute atomic E-state index is 14.8. The molecule has 29 heteroatoms. The van der Waals surface area contributed by atoms with Crippen molar-refractivity contribution in [2.24, 2.45) is 35.5 Å². The quantitative estimate of drug-likeness (QED) is 0.0402. The molecular formula is C75H119N5O23S. The largest absolute Gasteiger partial charge is 0.466 e. The fourth-order valence-electron chi connectivity index (χ4n) is 11.8. The van der Waals surface area contributed by atoms with Crippen molar-refractivity contribution in [2.75, 3.05) is 185 Å². The minimum Gasteiger partial charge on any atom is -0.466 e. The third-order valence-corrected chi connectivity index (χ3v) is 18.6. The molecule has 2 aliphatic rings. The van der Waals surface area contributed by atoms with Crippen LogP contribution < -0.4 is 10.6 Å². The van der Waals surface area contributed by atoms with Crippen LogP contribution in [0.4, 0.5) is 0 Å². The van der Waals surface area contributed by atoms with Crippen molar-refractivity contribution >= 4 is 64.4 Å². The van der Waals surface area contributed by atoms with E-state index >= 15 is 0 Å². The third kappa shape index (κ3) is 38.0. The molecule has 0 bridgehead atoms. The molecule has 1 unspecified atom stereocenters. The SMILES string of the molecule is CCOC(=O)[C@@H](C)C[C@H](Cc1ccccc1)NC(=O)c1csc([C@@H](C[C@H](C(C)C)C(C)C(=O)[C@@H](CC(=O)[C@H]2CCCCN2C(=O)CCOCCOCCOCCOCCOCCOCCOCCOCCOCCOCCOCCOCCNC(=O)CCN2C(=O)C=CC2=O)[C@@H](C)CC)OC(C)=O)n1. The Balaban J connectivity index is 0.975. The van der Waals surface area contributed by atoms with E-state index in [2.05, 4.69) is 10.6 Å². The summed E-state index contributed by atoms with van der Waals surface area (Å²) in [5, 5.41) is 7.80. The molecule has 588 valence electrons. The lowest BCUT2D eigenvalue weighted by molar-refractivity contribution is -0.149. The number of ketones is 2. The minimum absolute atomic E-state index is 0.00329. The molecule has 3 heterocycles. The van der Waals surface area contributed by atoms with E-state index in [1.54, 1.807) is 24.1 Å². The molecule has 0 spiro atoms. The first kappa shape index (κ1) is 90.3. The Bertz CT molecular complexity index is 2780. The molecule has 1 aromatic heterocycles. The average molecular weight is 1490 g/mol. The molecule has 2 N–H and O–H groups in total. The normalized spacial score (nSPS) is 15.9. The lowest BCUT2D eigenvalue weighted by atomic mass is 9.71. The summed E-state index contributed by atoms with van der Waals surface area (Å²) in [6.45, 7) is 25.2. The van der Waals surface area contributed by atoms with Crippen LogP contribution in [0.2, 0.25) is 0 Å². The van der Waals surface area contributed by atoms with E-state index in [1.165, 1.54) is 30.4 Å². The van der Waals surface area contributed by atoms with E-state index in [0.29, 0.717) is 189 Å². The Hall–Kier alpha value is -6.06. The van der Waals surface area contributed by atoms with Crippen molar-refractivity contribution in [1.29, 1.82) is 0 Å². The van der Waals surface area contributed by atoms with Crippen LogP contribution >= 0.6 is 11.3 Å². The van der Waals surface area contributed by atoms with Gasteiger partial charge in [0.25, 0.3) is 17.7 Å². The fraction of sp³-hybridized carbons (Fsp3) is 0.733. The van der Waals surface area contributed by atoms with Crippen LogP contribution in [0.25, 0.3) is 0 Å². The highest BCUT2D eigenvalue weighted by Crippen LogP contribution is 2.38. The van der Waals surface area contributed by atoms with Gasteiger partial charge in [-0.3, -0.25) is 48.1 Å². The smallest absolute Gasteiger partial charge is 0.308 e. The number of ether oxygens (including phenoxy) is 14. The first-order chi connectivity index (χ1) is 50.3. The summed E-state index contributed by atoms with van der Waals surface area (Å²) in [4.78, 5) is 124. The second kappa shape index (κ2) is 55.4. The van der Waals surface area contributed by atoms with Crippen LogP contribution in [0.15, 0.2) is 47.9 Å². The number of hydrogen-bond acceptors (Lipinski definition) is 25. The van der Waals surface area contributed by atoms with E-state index < -0.39 is 59.6 Å². The highest BCUT2D eigenvalue weighted by molar-refractivity contribution is 7.09. The zero-order chi connectivity index (χ0) is 75.5. The standard InChI is InChI=1S/C75H119N5O23S/c1-9-56(5)63(72(87)58(7)62(55(3)4)53-67(103-59(8)81)74-78-64(54-104-74)73(88)77-61(50-57(6)75(89)102-10-2)51-60-16-12-11-13-17-60)52-66(82)65-18-14-15-24-79(65)71(86)22-26-90-28-30-92-32-34-94-36-38-96-40-42-98-44-46-100-48-49-101-47-45-99-43-41-97-39-37-95-35-33-93-31-29-91-27-23-76-68(83)21-25-80-69(84)19-20-70(80)85/h11-13,16-17,19-20,54-58,61-63,65,67H,9-10,14-15,18,21-53H2,1-8H3,(H,76,83)(H,77,88)/t56-,57-,58?,61+,62+,63-,65+,67+/m0/s1. The predicted octanol–water partition coefficient (Wildman–Crippen LogP) is 6.57. The highest BCUT2D eigenvalue weighted by atomic mass is 32.1. The summed E-state index contributed by atoms with van der Waals surface area (Å²) in [6.07, 6.45) is 5.49. The number of hydrogen-bond donors (Lipinski definition) is 2. The van der Waals surface area contributed by atoms with Crippen molar-refractivity contribution in [3.8, 4) is 0 Å². The molecule has 4 rings (SSSR count). The van der Waals surface area contributed by atoms with E-state index in [9.17, 15) is 43.2 Å². The summed E-state index contributed by atoms with van der Waals surface area (Å²) in [5.41, 5.74) is 1.13. The van der Waals surface area contributed by atoms with Gasteiger partial charge in [-0.15, -0.1) is 11.3 Å². The lowest BCUT2D eigenvalue weighted by Crippen LogP contribution is -2.49. The number of amides is 5. The van der Waals surface area contributed by atoms with Gasteiger partial charge in [-0.2, -0.15) is 0 Å². The highest BCUT2D eigenvalue weighted by Gasteiger charge is 2.40. The predicted molar refractivity (Wildman–Crippen MR) is 385 cm³/mol. The molecule has 28 nitrogen and oxygen atoms in total. The number of piperidine rings is 1. The number of thiazole rings is 1. The molecule has 104 heavy (non-hydrogen) atoms. The number of likely N-dealkylation sites (tertiary alicyclic amines) is 1. The molecule has 1 saturated heterocycles. The zero-order valence-corrected chi connectivity index (χ0v) is 63.6. The van der Waals surface area contributed by atoms with Gasteiger partial charge in [-0.1, -0.05) is 78.3 Å². The van der Waals surface area contributed by atoms with Crippen LogP contribution in [0.1, 0.15) is 140 Å². The van der Waals surface area contributed by atoms with E-state index in [1.807, 2.05) is 65.0 Å². The van der Waals surface area contributed by atoms with Crippen molar-refractivity contribution in [1.82, 2.24) is 25.4 Å². The number of esters is 2. The summed E-state index contributed by atoms with van der Waals surface area (Å²) in [7, 11) is 0. The number of Topliss-reactive ketones (excluding diaryl/α,β-unsaturated/α-hetero) is 2. The summed E-state index contributed by atoms with van der Waals surface area (Å²) >= 11 is 1.20. The second-order valence-electron chi connectivity index (χ2n) is 25.9. The first-order valence-electron chi connectivity index (χ1n) is 37.1. The number of imide groups is 1. The zero-order valence-electron chi connectivity index (χ0n) is 62.8. The van der Waals surface area contributed by atoms with Gasteiger partial charge in [0.15, 0.2) is 11.9 Å². The van der Waals surface area contributed by atoms with Crippen LogP contribution in [0.3, 0.4) is 0 Å². The van der Waals surface area contributed by atoms with Gasteiger partial charge in [0, 0.05) is 74.8 Å². The van der Waals surface area contributed by atoms with Gasteiger partial charge in [0.2, 0.25) is 11.8 Å². The minimum atomic E-state index is -0.853. The van der Waals surface area contributed by atoms with Gasteiger partial charge in [0.1, 0.15) is 16.5 Å². The van der Waals surface area contributed by atoms with Crippen LogP contribution in [-0.4, -0.2) is 265 Å². The van der Waals surface area contributed by atoms with Gasteiger partial charge in [0.05, 0.1) is 184 Å². The Labute approximate surface area is 618 Å². The Kier molecular flexibility index (Phi) is 48.1. The van der Waals surface area contributed by atoms with E-state index in [4.69, 9.17) is 71.3 Å². The first-order valence-corrected chi connectivity index (χ1v) is 38.0. The number of benzene rings is 1. The summed E-state index contributed by atoms with van der Waals surface area (Å²) < 4.78 is 77.8. The monoisotopic (exact) mass is 1490 g/mol. The van der Waals surface area contributed by atoms with Crippen LogP contribution in [-0.2, 0) is 111 Å². The van der Waals surface area contributed by atoms with Crippen LogP contribution in [0, 0.1) is 35.5 Å². The number of carbonyl (C=O) groups excluding carboxylic acids is 9. The maximum atomic E-state index is 14.8. The molecule has 0 aliphatic carbocycles.